The number of rotatable bonds is 4. The molecule has 1 saturated heterocycles. The molecule has 23 heavy (non-hydrogen) atoms. The van der Waals surface area contributed by atoms with Crippen molar-refractivity contribution < 1.29 is 9.53 Å². The van der Waals surface area contributed by atoms with Crippen LogP contribution in [-0.4, -0.2) is 54.0 Å². The summed E-state index contributed by atoms with van der Waals surface area (Å²) >= 11 is 0. The van der Waals surface area contributed by atoms with Crippen LogP contribution in [-0.2, 0) is 6.54 Å². The summed E-state index contributed by atoms with van der Waals surface area (Å²) in [5.41, 5.74) is 1.94. The molecule has 3 rings (SSSR count). The van der Waals surface area contributed by atoms with Gasteiger partial charge in [0.25, 0.3) is 5.91 Å². The third kappa shape index (κ3) is 3.87. The lowest BCUT2D eigenvalue weighted by Crippen LogP contribution is -2.48. The minimum absolute atomic E-state index is 0.0764. The van der Waals surface area contributed by atoms with E-state index in [0.717, 1.165) is 32.7 Å². The zero-order valence-electron chi connectivity index (χ0n) is 13.3. The Balaban J connectivity index is 1.57. The fourth-order valence-corrected chi connectivity index (χ4v) is 2.79. The van der Waals surface area contributed by atoms with Gasteiger partial charge in [0.15, 0.2) is 0 Å². The van der Waals surface area contributed by atoms with Gasteiger partial charge >= 0.3 is 0 Å². The van der Waals surface area contributed by atoms with E-state index in [1.54, 1.807) is 13.2 Å². The minimum atomic E-state index is 0.0764. The van der Waals surface area contributed by atoms with Gasteiger partial charge in [-0.1, -0.05) is 6.07 Å². The van der Waals surface area contributed by atoms with Crippen LogP contribution >= 0.6 is 0 Å². The molecule has 120 valence electrons. The van der Waals surface area contributed by atoms with Gasteiger partial charge in [-0.25, -0.2) is 0 Å². The molecule has 5 nitrogen and oxygen atoms in total. The van der Waals surface area contributed by atoms with Crippen LogP contribution in [0.4, 0.5) is 0 Å². The van der Waals surface area contributed by atoms with Crippen LogP contribution in [0.1, 0.15) is 15.9 Å². The van der Waals surface area contributed by atoms with E-state index in [1.165, 1.54) is 5.56 Å². The van der Waals surface area contributed by atoms with Gasteiger partial charge in [0.1, 0.15) is 5.75 Å². The van der Waals surface area contributed by atoms with Crippen molar-refractivity contribution in [1.29, 1.82) is 0 Å². The number of nitrogens with zero attached hydrogens (tertiary/aromatic N) is 3. The van der Waals surface area contributed by atoms with Crippen molar-refractivity contribution in [1.82, 2.24) is 14.8 Å². The maximum Gasteiger partial charge on any atom is 0.254 e. The van der Waals surface area contributed by atoms with Crippen molar-refractivity contribution in [3.63, 3.8) is 0 Å². The van der Waals surface area contributed by atoms with Crippen molar-refractivity contribution in [2.75, 3.05) is 33.3 Å². The van der Waals surface area contributed by atoms with Crippen LogP contribution in [0.5, 0.6) is 5.75 Å². The van der Waals surface area contributed by atoms with E-state index in [9.17, 15) is 4.79 Å². The van der Waals surface area contributed by atoms with E-state index in [1.807, 2.05) is 47.6 Å². The number of pyridine rings is 1. The van der Waals surface area contributed by atoms with Crippen LogP contribution in [0.25, 0.3) is 0 Å². The van der Waals surface area contributed by atoms with E-state index < -0.39 is 0 Å². The SMILES string of the molecule is COc1cccc(C(=O)N2CCN(Cc3ccncc3)CC2)c1. The van der Waals surface area contributed by atoms with Gasteiger partial charge in [0.05, 0.1) is 7.11 Å². The molecule has 0 N–H and O–H groups in total. The number of hydrogen-bond donors (Lipinski definition) is 0. The van der Waals surface area contributed by atoms with E-state index in [-0.39, 0.29) is 5.91 Å². The number of aromatic nitrogens is 1. The molecule has 0 bridgehead atoms. The summed E-state index contributed by atoms with van der Waals surface area (Å²) in [6.45, 7) is 4.18. The Hall–Kier alpha value is -2.40. The average molecular weight is 311 g/mol. The first-order chi connectivity index (χ1) is 11.3. The summed E-state index contributed by atoms with van der Waals surface area (Å²) in [5, 5.41) is 0. The molecule has 0 spiro atoms. The molecule has 1 aromatic carbocycles. The molecule has 0 saturated carbocycles. The van der Waals surface area contributed by atoms with E-state index in [0.29, 0.717) is 11.3 Å². The highest BCUT2D eigenvalue weighted by molar-refractivity contribution is 5.94. The number of hydrogen-bond acceptors (Lipinski definition) is 4. The van der Waals surface area contributed by atoms with Gasteiger partial charge < -0.3 is 9.64 Å². The Labute approximate surface area is 136 Å². The quantitative estimate of drug-likeness (QED) is 0.867. The molecule has 1 fully saturated rings. The molecule has 0 radical (unpaired) electrons. The second-order valence-corrected chi connectivity index (χ2v) is 5.66. The molecule has 1 amide bonds. The fourth-order valence-electron chi connectivity index (χ4n) is 2.79. The van der Waals surface area contributed by atoms with Crippen molar-refractivity contribution in [2.45, 2.75) is 6.54 Å². The third-order valence-electron chi connectivity index (χ3n) is 4.13. The highest BCUT2D eigenvalue weighted by atomic mass is 16.5. The first-order valence-electron chi connectivity index (χ1n) is 7.81. The standard InChI is InChI=1S/C18H21N3O2/c1-23-17-4-2-3-16(13-17)18(22)21-11-9-20(10-12-21)14-15-5-7-19-8-6-15/h2-8,13H,9-12,14H2,1H3. The predicted octanol–water partition coefficient (Wildman–Crippen LogP) is 2.05. The van der Waals surface area contributed by atoms with Crippen molar-refractivity contribution >= 4 is 5.91 Å². The Morgan fingerprint density at radius 2 is 1.87 bits per heavy atom. The van der Waals surface area contributed by atoms with Gasteiger partial charge in [-0.2, -0.15) is 0 Å². The summed E-state index contributed by atoms with van der Waals surface area (Å²) in [7, 11) is 1.61. The molecule has 2 aromatic rings. The van der Waals surface area contributed by atoms with Gasteiger partial charge in [-0.05, 0) is 35.9 Å². The smallest absolute Gasteiger partial charge is 0.254 e. The van der Waals surface area contributed by atoms with Crippen LogP contribution in [0.2, 0.25) is 0 Å². The summed E-state index contributed by atoms with van der Waals surface area (Å²) in [5.74, 6) is 0.791. The lowest BCUT2D eigenvalue weighted by atomic mass is 10.1. The molecular formula is C18H21N3O2. The van der Waals surface area contributed by atoms with Crippen LogP contribution in [0.3, 0.4) is 0 Å². The Morgan fingerprint density at radius 3 is 2.57 bits per heavy atom. The van der Waals surface area contributed by atoms with Crippen LogP contribution < -0.4 is 4.74 Å². The second kappa shape index (κ2) is 7.24. The van der Waals surface area contributed by atoms with E-state index in [2.05, 4.69) is 9.88 Å². The van der Waals surface area contributed by atoms with Gasteiger partial charge in [0.2, 0.25) is 0 Å². The van der Waals surface area contributed by atoms with Gasteiger partial charge in [0, 0.05) is 50.7 Å². The maximum absolute atomic E-state index is 12.6. The highest BCUT2D eigenvalue weighted by Crippen LogP contribution is 2.16. The summed E-state index contributed by atoms with van der Waals surface area (Å²) in [4.78, 5) is 20.9. The number of benzene rings is 1. The van der Waals surface area contributed by atoms with Gasteiger partial charge in [-0.15, -0.1) is 0 Å². The molecule has 0 unspecified atom stereocenters. The van der Waals surface area contributed by atoms with Crippen molar-refractivity contribution in [3.05, 3.63) is 59.9 Å². The maximum atomic E-state index is 12.6. The Kier molecular flexibility index (Phi) is 4.88. The molecule has 1 aromatic heterocycles. The lowest BCUT2D eigenvalue weighted by Gasteiger charge is -2.34. The number of carbonyl (C=O) groups excluding carboxylic acids is 1. The third-order valence-corrected chi connectivity index (χ3v) is 4.13. The predicted molar refractivity (Wildman–Crippen MR) is 88.4 cm³/mol. The van der Waals surface area contributed by atoms with E-state index in [4.69, 9.17) is 4.74 Å². The van der Waals surface area contributed by atoms with Crippen LogP contribution in [0.15, 0.2) is 48.8 Å². The first-order valence-corrected chi connectivity index (χ1v) is 7.81. The number of ether oxygens (including phenoxy) is 1. The minimum Gasteiger partial charge on any atom is -0.497 e. The molecule has 2 heterocycles. The first kappa shape index (κ1) is 15.5. The average Bonchev–Trinajstić information content (AvgIpc) is 2.63. The highest BCUT2D eigenvalue weighted by Gasteiger charge is 2.22. The van der Waals surface area contributed by atoms with Crippen molar-refractivity contribution in [2.24, 2.45) is 0 Å². The van der Waals surface area contributed by atoms with Crippen LogP contribution in [0, 0.1) is 0 Å². The number of amides is 1. The molecule has 1 aliphatic heterocycles. The Bertz CT molecular complexity index is 652. The normalized spacial score (nSPS) is 15.4. The van der Waals surface area contributed by atoms with Crippen molar-refractivity contribution in [3.8, 4) is 5.75 Å². The summed E-state index contributed by atoms with van der Waals surface area (Å²) < 4.78 is 5.19. The Morgan fingerprint density at radius 1 is 1.13 bits per heavy atom. The fraction of sp³-hybridized carbons (Fsp3) is 0.333. The number of carbonyl (C=O) groups is 1. The molecule has 0 atom stereocenters. The zero-order valence-corrected chi connectivity index (χ0v) is 13.3. The molecule has 1 aliphatic rings. The second-order valence-electron chi connectivity index (χ2n) is 5.66. The molecule has 5 heteroatoms. The zero-order chi connectivity index (χ0) is 16.1. The molecule has 0 aliphatic carbocycles. The lowest BCUT2D eigenvalue weighted by molar-refractivity contribution is 0.0628. The summed E-state index contributed by atoms with van der Waals surface area (Å²) in [6, 6.07) is 11.4. The van der Waals surface area contributed by atoms with Gasteiger partial charge in [-0.3, -0.25) is 14.7 Å². The number of methoxy groups -OCH3 is 1. The monoisotopic (exact) mass is 311 g/mol. The largest absolute Gasteiger partial charge is 0.497 e. The summed E-state index contributed by atoms with van der Waals surface area (Å²) in [6.07, 6.45) is 3.63. The topological polar surface area (TPSA) is 45.7 Å². The molecular weight excluding hydrogens is 290 g/mol. The number of piperazine rings is 1. The van der Waals surface area contributed by atoms with E-state index >= 15 is 0 Å².